The number of H-pyrrole nitrogens is 1. The number of nitrogens with two attached hydrogens (primary N) is 1. The van der Waals surface area contributed by atoms with Gasteiger partial charge in [0.15, 0.2) is 11.2 Å². The highest BCUT2D eigenvalue weighted by molar-refractivity contribution is 7.80. The summed E-state index contributed by atoms with van der Waals surface area (Å²) in [5.41, 5.74) is 4.75. The van der Waals surface area contributed by atoms with Crippen LogP contribution in [-0.4, -0.2) is 350 Å². The molecule has 0 aliphatic heterocycles. The van der Waals surface area contributed by atoms with Gasteiger partial charge in [-0.1, -0.05) is 6.58 Å². The number of carbonyl (C=O) groups excluding carboxylic acids is 10. The standard InChI is InChI=1S/C65H98N16O32S/c1-27(18-45(94)71-23-38(87)52(101)55(104)41(90)26-84)48(79-44(93)13-8-35(64(112)113)78-57(105)28-2-4-29(5-3-28)68-19-30-20-72-56-49(73-30)63(111)81-65(66)80-56)62(110)77-34(10-15-47(97)98)61(109)75-32(7-12-43(92)70-22-37(86)51(100)54(103)40(89)25-83)59(107)76-33(9-14-46(95)96)60(108)74-31(58(106)67-16-17-114)6-11-42(91)69-21-36(85)50(99)53(102)39(88)24-82/h2-5,20,31-41,48,50-55,68,82-90,99-104,114H,1,6-19,21-26H2,(H,67,106)(H,69,91)(H,70,92)(H,71,94)(H,74,108)(H,75,109)(H,76,107)(H,77,110)(H,78,105)(H,79,93)(H,95,96)(H,97,98)(H,112,113)(H3,66,72,80,81,111). The number of fused-ring (bicyclic) bond motifs is 1. The maximum absolute atomic E-state index is 14.6. The summed E-state index contributed by atoms with van der Waals surface area (Å²) in [5, 5.41) is 203. The number of aromatic amines is 1. The van der Waals surface area contributed by atoms with E-state index in [1.165, 1.54) is 30.5 Å². The van der Waals surface area contributed by atoms with Crippen LogP contribution in [0.15, 0.2) is 47.4 Å². The van der Waals surface area contributed by atoms with Crippen LogP contribution in [0.4, 0.5) is 11.6 Å². The molecule has 0 saturated heterocycles. The second kappa shape index (κ2) is 49.3. The van der Waals surface area contributed by atoms with E-state index in [9.17, 15) is 154 Å². The first-order chi connectivity index (χ1) is 53.7. The number of hydrogen-bond acceptors (Lipinski definition) is 35. The van der Waals surface area contributed by atoms with Crippen LogP contribution in [0.5, 0.6) is 0 Å². The van der Waals surface area contributed by atoms with Crippen molar-refractivity contribution in [2.24, 2.45) is 0 Å². The first kappa shape index (κ1) is 97.8. The van der Waals surface area contributed by atoms with Crippen LogP contribution in [0.3, 0.4) is 0 Å². The molecule has 0 radical (unpaired) electrons. The van der Waals surface area contributed by atoms with E-state index in [1.807, 2.05) is 0 Å². The van der Waals surface area contributed by atoms with Gasteiger partial charge in [0.25, 0.3) is 11.5 Å². The third-order valence-electron chi connectivity index (χ3n) is 16.8. The fourth-order valence-electron chi connectivity index (χ4n) is 10.1. The Balaban J connectivity index is 2.04. The molecule has 18 unspecified atom stereocenters. The fraction of sp³-hybridized carbons (Fsp3) is 0.585. The van der Waals surface area contributed by atoms with Crippen molar-refractivity contribution in [3.8, 4) is 0 Å². The molecular formula is C65H98N16O32S. The summed E-state index contributed by atoms with van der Waals surface area (Å²) in [5.74, 6) is -17.6. The summed E-state index contributed by atoms with van der Waals surface area (Å²) in [6.07, 6.45) is -33.3. The van der Waals surface area contributed by atoms with Gasteiger partial charge in [-0.25, -0.2) is 14.8 Å². The summed E-state index contributed by atoms with van der Waals surface area (Å²) in [4.78, 5) is 202. The number of carboxylic acid groups (broad SMARTS) is 3. The number of thiol groups is 1. The maximum Gasteiger partial charge on any atom is 0.326 e. The Hall–Kier alpha value is -10.4. The van der Waals surface area contributed by atoms with Crippen molar-refractivity contribution in [2.75, 3.05) is 62.8 Å². The normalized spacial score (nSPS) is 16.1. The number of rotatable bonds is 54. The van der Waals surface area contributed by atoms with Crippen molar-refractivity contribution in [1.82, 2.24) is 73.1 Å². The lowest BCUT2D eigenvalue weighted by atomic mass is 10.0. The van der Waals surface area contributed by atoms with Gasteiger partial charge in [-0.15, -0.1) is 0 Å². The Morgan fingerprint density at radius 1 is 0.474 bits per heavy atom. The van der Waals surface area contributed by atoms with Crippen LogP contribution < -0.4 is 69.8 Å². The number of benzene rings is 1. The van der Waals surface area contributed by atoms with Crippen molar-refractivity contribution in [1.29, 1.82) is 0 Å². The number of anilines is 2. The van der Waals surface area contributed by atoms with Gasteiger partial charge >= 0.3 is 17.9 Å². The van der Waals surface area contributed by atoms with Crippen molar-refractivity contribution < 1.29 is 154 Å². The highest BCUT2D eigenvalue weighted by atomic mass is 32.1. The molecule has 10 amide bonds. The predicted octanol–water partition coefficient (Wildman–Crippen LogP) is -13.8. The summed E-state index contributed by atoms with van der Waals surface area (Å²) < 4.78 is 0. The number of hydrogen-bond donors (Lipinski definition) is 32. The van der Waals surface area contributed by atoms with Crippen molar-refractivity contribution >= 4 is 112 Å². The molecular weight excluding hydrogens is 1550 g/mol. The quantitative estimate of drug-likeness (QED) is 0.0184. The molecule has 32 N–H and O–H groups in total. The van der Waals surface area contributed by atoms with Gasteiger partial charge < -0.3 is 156 Å². The van der Waals surface area contributed by atoms with Crippen LogP contribution in [-0.2, 0) is 64.1 Å². The van der Waals surface area contributed by atoms with Crippen molar-refractivity contribution in [2.45, 2.75) is 187 Å². The zero-order valence-electron chi connectivity index (χ0n) is 60.8. The van der Waals surface area contributed by atoms with Crippen LogP contribution >= 0.6 is 12.6 Å². The molecule has 48 nitrogen and oxygen atoms in total. The van der Waals surface area contributed by atoms with Gasteiger partial charge in [0.1, 0.15) is 91.2 Å². The topological polar surface area (TPSA) is 816 Å². The Morgan fingerprint density at radius 3 is 1.29 bits per heavy atom. The molecule has 1 aromatic carbocycles. The molecule has 2 heterocycles. The molecule has 18 atom stereocenters. The zero-order chi connectivity index (χ0) is 85.8. The molecule has 636 valence electrons. The third kappa shape index (κ3) is 33.4. The molecule has 49 heteroatoms. The lowest BCUT2D eigenvalue weighted by Gasteiger charge is -2.28. The number of aliphatic hydroxyl groups excluding tert-OH is 15. The highest BCUT2D eigenvalue weighted by Gasteiger charge is 2.38. The molecule has 0 fully saturated rings. The van der Waals surface area contributed by atoms with Gasteiger partial charge in [0, 0.05) is 81.7 Å². The maximum atomic E-state index is 14.6. The number of nitrogen functional groups attached to an aromatic ring is 1. The number of amides is 10. The number of aromatic nitrogens is 4. The van der Waals surface area contributed by atoms with Crippen molar-refractivity contribution in [3.05, 3.63) is 64.2 Å². The third-order valence-corrected chi connectivity index (χ3v) is 17.0. The van der Waals surface area contributed by atoms with Gasteiger partial charge in [-0.3, -0.25) is 67.3 Å². The van der Waals surface area contributed by atoms with Gasteiger partial charge in [0.05, 0.1) is 56.6 Å². The number of carboxylic acids is 3. The lowest BCUT2D eigenvalue weighted by Crippen LogP contribution is -2.59. The predicted molar refractivity (Wildman–Crippen MR) is 389 cm³/mol. The first-order valence-corrected chi connectivity index (χ1v) is 35.5. The van der Waals surface area contributed by atoms with Crippen LogP contribution in [0.2, 0.25) is 0 Å². The minimum absolute atomic E-state index is 0.00441. The molecule has 0 spiro atoms. The average Bonchev–Trinajstić information content (AvgIpc) is 0.811. The number of carbonyl (C=O) groups is 13. The molecule has 3 rings (SSSR count). The molecule has 2 aromatic heterocycles. The fourth-order valence-corrected chi connectivity index (χ4v) is 10.3. The lowest BCUT2D eigenvalue weighted by molar-refractivity contribution is -0.140. The molecule has 0 aliphatic carbocycles. The molecule has 0 bridgehead atoms. The Bertz CT molecular complexity index is 3810. The van der Waals surface area contributed by atoms with E-state index in [2.05, 4.69) is 97.6 Å². The Kier molecular flexibility index (Phi) is 42.3. The monoisotopic (exact) mass is 1650 g/mol. The second-order valence-corrected chi connectivity index (χ2v) is 26.1. The van der Waals surface area contributed by atoms with E-state index in [4.69, 9.17) is 10.8 Å². The first-order valence-electron chi connectivity index (χ1n) is 34.9. The van der Waals surface area contributed by atoms with E-state index in [0.717, 1.165) is 0 Å². The minimum atomic E-state index is -2.25. The Labute approximate surface area is 651 Å². The zero-order valence-corrected chi connectivity index (χ0v) is 61.7. The summed E-state index contributed by atoms with van der Waals surface area (Å²) >= 11 is 4.01. The summed E-state index contributed by atoms with van der Waals surface area (Å²) in [6.45, 7) is -2.34. The molecule has 0 aliphatic rings. The second-order valence-electron chi connectivity index (χ2n) is 25.7. The van der Waals surface area contributed by atoms with Gasteiger partial charge in [0.2, 0.25) is 59.1 Å². The SMILES string of the molecule is C=C(CC(=O)NCC(O)C(O)C(O)C(O)CO)C(NC(=O)CCC(NC(=O)c1ccc(NCc2cnc3nc(N)[nH]c(=O)c3n2)cc1)C(=O)O)C(=O)NC(CCC(=O)O)C(=O)NC(CCC(=O)NCC(O)C(O)C(O)C(O)CO)C(=O)NC(CCC(=O)O)C(=O)NC(CCC(=O)NCC(O)C(O)C(O)C(O)CO)C(=O)NCCS. The molecule has 114 heavy (non-hydrogen) atoms. The molecule has 3 aromatic rings. The van der Waals surface area contributed by atoms with E-state index in [-0.39, 0.29) is 47.2 Å². The van der Waals surface area contributed by atoms with E-state index >= 15 is 0 Å². The summed E-state index contributed by atoms with van der Waals surface area (Å²) in [7, 11) is 0. The van der Waals surface area contributed by atoms with Gasteiger partial charge in [-0.2, -0.15) is 17.6 Å². The van der Waals surface area contributed by atoms with Crippen LogP contribution in [0, 0.1) is 0 Å². The highest BCUT2D eigenvalue weighted by Crippen LogP contribution is 2.17. The summed E-state index contributed by atoms with van der Waals surface area (Å²) in [6, 6.07) is -6.96. The van der Waals surface area contributed by atoms with E-state index in [0.29, 0.717) is 5.69 Å². The number of nitrogens with one attached hydrogen (secondary N) is 12. The number of aliphatic hydroxyl groups is 15. The smallest absolute Gasteiger partial charge is 0.326 e. The average molecular weight is 1650 g/mol. The minimum Gasteiger partial charge on any atom is -0.481 e. The number of nitrogens with zero attached hydrogens (tertiary/aromatic N) is 3. The van der Waals surface area contributed by atoms with E-state index < -0.39 is 308 Å². The van der Waals surface area contributed by atoms with Gasteiger partial charge in [-0.05, 0) is 61.9 Å². The largest absolute Gasteiger partial charge is 0.481 e. The van der Waals surface area contributed by atoms with E-state index in [1.54, 1.807) is 0 Å². The van der Waals surface area contributed by atoms with Crippen LogP contribution in [0.25, 0.3) is 11.2 Å². The Morgan fingerprint density at radius 2 is 0.868 bits per heavy atom. The van der Waals surface area contributed by atoms with Crippen molar-refractivity contribution in [3.63, 3.8) is 0 Å². The number of aliphatic carboxylic acids is 3. The van der Waals surface area contributed by atoms with Crippen LogP contribution in [0.1, 0.15) is 86.7 Å². The molecule has 0 saturated carbocycles.